The van der Waals surface area contributed by atoms with E-state index in [0.717, 1.165) is 81.5 Å². The average Bonchev–Trinajstić information content (AvgIpc) is 3.26. The Morgan fingerprint density at radius 3 is 2.63 bits per heavy atom. The van der Waals surface area contributed by atoms with Gasteiger partial charge in [-0.3, -0.25) is 4.79 Å². The van der Waals surface area contributed by atoms with Crippen LogP contribution in [0.5, 0.6) is 0 Å². The highest BCUT2D eigenvalue weighted by Crippen LogP contribution is 2.39. The number of piperidine rings is 1. The lowest BCUT2D eigenvalue weighted by molar-refractivity contribution is -0.133. The molecule has 0 radical (unpaired) electrons. The summed E-state index contributed by atoms with van der Waals surface area (Å²) in [7, 11) is 0. The molecule has 1 aromatic heterocycles. The zero-order valence-corrected chi connectivity index (χ0v) is 20.7. The van der Waals surface area contributed by atoms with Crippen molar-refractivity contribution in [1.29, 1.82) is 0 Å². The summed E-state index contributed by atoms with van der Waals surface area (Å²) in [6.07, 6.45) is 18.5. The van der Waals surface area contributed by atoms with Crippen LogP contribution in [0.25, 0.3) is 0 Å². The number of amides is 2. The smallest absolute Gasteiger partial charge is 0.409 e. The summed E-state index contributed by atoms with van der Waals surface area (Å²) in [5.41, 5.74) is 3.31. The first kappa shape index (κ1) is 23.9. The number of carbonyl (C=O) groups is 2. The number of ether oxygens (including phenoxy) is 1. The first-order valence-electron chi connectivity index (χ1n) is 13.2. The molecule has 2 saturated heterocycles. The molecule has 1 aliphatic carbocycles. The molecule has 0 spiro atoms. The van der Waals surface area contributed by atoms with Crippen molar-refractivity contribution >= 4 is 12.0 Å². The quantitative estimate of drug-likeness (QED) is 0.621. The molecule has 0 saturated carbocycles. The number of hydrogen-bond acceptors (Lipinski definition) is 5. The zero-order valence-electron chi connectivity index (χ0n) is 20.7. The molecule has 4 aliphatic rings. The van der Waals surface area contributed by atoms with Gasteiger partial charge in [-0.1, -0.05) is 18.2 Å². The van der Waals surface area contributed by atoms with Crippen molar-refractivity contribution in [2.75, 3.05) is 32.8 Å². The van der Waals surface area contributed by atoms with Crippen LogP contribution in [0.4, 0.5) is 4.79 Å². The van der Waals surface area contributed by atoms with E-state index < -0.39 is 0 Å². The highest BCUT2D eigenvalue weighted by atomic mass is 16.6. The first-order valence-corrected chi connectivity index (χ1v) is 13.2. The van der Waals surface area contributed by atoms with Gasteiger partial charge in [0.05, 0.1) is 25.1 Å². The van der Waals surface area contributed by atoms with Gasteiger partial charge in [0.1, 0.15) is 0 Å². The second kappa shape index (κ2) is 10.9. The minimum absolute atomic E-state index is 0.143. The van der Waals surface area contributed by atoms with E-state index in [2.05, 4.69) is 34.1 Å². The van der Waals surface area contributed by atoms with Crippen molar-refractivity contribution in [3.05, 3.63) is 59.7 Å². The molecule has 188 valence electrons. The van der Waals surface area contributed by atoms with E-state index in [9.17, 15) is 9.59 Å². The Morgan fingerprint density at radius 2 is 1.86 bits per heavy atom. The molecule has 4 heterocycles. The van der Waals surface area contributed by atoms with Gasteiger partial charge in [0.2, 0.25) is 5.91 Å². The van der Waals surface area contributed by atoms with Gasteiger partial charge in [-0.2, -0.15) is 0 Å². The van der Waals surface area contributed by atoms with Gasteiger partial charge in [-0.05, 0) is 75.1 Å². The average molecular weight is 480 g/mol. The summed E-state index contributed by atoms with van der Waals surface area (Å²) < 4.78 is 10.5. The number of hydrogen-bond donors (Lipinski definition) is 0. The summed E-state index contributed by atoms with van der Waals surface area (Å²) in [4.78, 5) is 32.4. The lowest BCUT2D eigenvalue weighted by Gasteiger charge is -2.41. The largest absolute Gasteiger partial charge is 0.472 e. The van der Waals surface area contributed by atoms with Crippen molar-refractivity contribution in [1.82, 2.24) is 14.7 Å². The van der Waals surface area contributed by atoms with Crippen LogP contribution in [-0.4, -0.2) is 71.6 Å². The summed E-state index contributed by atoms with van der Waals surface area (Å²) in [5, 5.41) is 0. The highest BCUT2D eigenvalue weighted by Gasteiger charge is 2.42. The number of carbonyl (C=O) groups excluding carboxylic acids is 2. The third kappa shape index (κ3) is 5.10. The molecule has 0 bridgehead atoms. The normalized spacial score (nSPS) is 26.1. The SMILES string of the molecule is CCOC(=O)N1CCCC(N2CCC(N3C(=O)C(Cc4ccoc4)C4=C3C=CCC=C4)CC2)CC1. The van der Waals surface area contributed by atoms with Crippen LogP contribution >= 0.6 is 0 Å². The van der Waals surface area contributed by atoms with E-state index in [0.29, 0.717) is 19.1 Å². The summed E-state index contributed by atoms with van der Waals surface area (Å²) in [6, 6.07) is 2.69. The van der Waals surface area contributed by atoms with Gasteiger partial charge in [-0.25, -0.2) is 4.79 Å². The topological polar surface area (TPSA) is 66.2 Å². The summed E-state index contributed by atoms with van der Waals surface area (Å²) >= 11 is 0. The van der Waals surface area contributed by atoms with Crippen molar-refractivity contribution in [2.24, 2.45) is 5.92 Å². The Bertz CT molecular complexity index is 988. The van der Waals surface area contributed by atoms with Crippen LogP contribution < -0.4 is 0 Å². The number of allylic oxidation sites excluding steroid dienone is 4. The van der Waals surface area contributed by atoms with Crippen LogP contribution in [0.15, 0.2) is 58.6 Å². The van der Waals surface area contributed by atoms with E-state index in [1.54, 1.807) is 12.5 Å². The predicted molar refractivity (Wildman–Crippen MR) is 134 cm³/mol. The molecular formula is C28H37N3O4. The molecular weight excluding hydrogens is 442 g/mol. The Labute approximate surface area is 208 Å². The molecule has 1 aromatic rings. The molecule has 5 rings (SSSR count). The van der Waals surface area contributed by atoms with Crippen LogP contribution in [0.2, 0.25) is 0 Å². The molecule has 0 N–H and O–H groups in total. The van der Waals surface area contributed by atoms with Crippen LogP contribution in [0.1, 0.15) is 51.0 Å². The molecule has 0 aromatic carbocycles. The Hall–Kier alpha value is -2.80. The first-order chi connectivity index (χ1) is 17.2. The monoisotopic (exact) mass is 479 g/mol. The maximum Gasteiger partial charge on any atom is 0.409 e. The second-order valence-electron chi connectivity index (χ2n) is 10.0. The lowest BCUT2D eigenvalue weighted by Crippen LogP contribution is -2.49. The van der Waals surface area contributed by atoms with E-state index in [4.69, 9.17) is 9.15 Å². The molecule has 7 nitrogen and oxygen atoms in total. The van der Waals surface area contributed by atoms with E-state index in [1.807, 2.05) is 17.9 Å². The van der Waals surface area contributed by atoms with E-state index >= 15 is 0 Å². The van der Waals surface area contributed by atoms with Crippen LogP contribution in [-0.2, 0) is 16.0 Å². The fraction of sp³-hybridized carbons (Fsp3) is 0.571. The lowest BCUT2D eigenvalue weighted by atomic mass is 9.93. The third-order valence-corrected chi connectivity index (χ3v) is 7.94. The Morgan fingerprint density at radius 1 is 1.06 bits per heavy atom. The van der Waals surface area contributed by atoms with Crippen molar-refractivity contribution in [3.63, 3.8) is 0 Å². The molecule has 7 heteroatoms. The van der Waals surface area contributed by atoms with Crippen LogP contribution in [0.3, 0.4) is 0 Å². The molecule has 2 unspecified atom stereocenters. The molecule has 3 aliphatic heterocycles. The maximum absolute atomic E-state index is 13.7. The van der Waals surface area contributed by atoms with Gasteiger partial charge in [-0.15, -0.1) is 0 Å². The van der Waals surface area contributed by atoms with Crippen LogP contribution in [0, 0.1) is 5.92 Å². The molecule has 2 atom stereocenters. The van der Waals surface area contributed by atoms with Crippen molar-refractivity contribution in [3.8, 4) is 0 Å². The van der Waals surface area contributed by atoms with E-state index in [1.165, 1.54) is 0 Å². The fourth-order valence-electron chi connectivity index (χ4n) is 6.14. The fourth-order valence-corrected chi connectivity index (χ4v) is 6.14. The molecule has 2 fully saturated rings. The molecule has 35 heavy (non-hydrogen) atoms. The Balaban J connectivity index is 1.23. The van der Waals surface area contributed by atoms with Crippen molar-refractivity contribution in [2.45, 2.75) is 64.0 Å². The summed E-state index contributed by atoms with van der Waals surface area (Å²) in [6.45, 7) is 5.81. The number of likely N-dealkylation sites (tertiary alicyclic amines) is 2. The van der Waals surface area contributed by atoms with Gasteiger partial charge >= 0.3 is 6.09 Å². The minimum atomic E-state index is -0.182. The van der Waals surface area contributed by atoms with Gasteiger partial charge in [0, 0.05) is 44.0 Å². The number of furan rings is 1. The number of nitrogens with zero attached hydrogens (tertiary/aromatic N) is 3. The predicted octanol–water partition coefficient (Wildman–Crippen LogP) is 4.53. The molecule has 2 amide bonds. The minimum Gasteiger partial charge on any atom is -0.472 e. The highest BCUT2D eigenvalue weighted by molar-refractivity contribution is 5.89. The standard InChI is InChI=1S/C28H37N3O4/c1-2-35-28(33)30-14-6-7-22(10-17-30)29-15-11-23(12-16-29)31-26-9-5-3-4-8-24(26)25(27(31)32)19-21-13-18-34-20-21/h4-5,8-9,13,18,20,22-23,25H,2-3,6-7,10-12,14-17,19H2,1H3. The number of rotatable bonds is 5. The van der Waals surface area contributed by atoms with Gasteiger partial charge in [0.15, 0.2) is 0 Å². The zero-order chi connectivity index (χ0) is 24.2. The van der Waals surface area contributed by atoms with Gasteiger partial charge < -0.3 is 23.9 Å². The second-order valence-corrected chi connectivity index (χ2v) is 10.0. The maximum atomic E-state index is 13.7. The van der Waals surface area contributed by atoms with E-state index in [-0.39, 0.29) is 24.0 Å². The van der Waals surface area contributed by atoms with Crippen molar-refractivity contribution < 1.29 is 18.7 Å². The summed E-state index contributed by atoms with van der Waals surface area (Å²) in [5.74, 6) is 0.0840. The van der Waals surface area contributed by atoms with Gasteiger partial charge in [0.25, 0.3) is 0 Å². The third-order valence-electron chi connectivity index (χ3n) is 7.94. The Kier molecular flexibility index (Phi) is 7.42.